The lowest BCUT2D eigenvalue weighted by Crippen LogP contribution is -2.26. The molecule has 0 heterocycles. The summed E-state index contributed by atoms with van der Waals surface area (Å²) in [5.74, 6) is 0.971. The molecule has 0 aromatic heterocycles. The van der Waals surface area contributed by atoms with Gasteiger partial charge in [-0.25, -0.2) is 0 Å². The molecule has 0 spiro atoms. The number of aromatic hydroxyl groups is 1. The number of phenols is 1. The van der Waals surface area contributed by atoms with Crippen LogP contribution in [0.4, 0.5) is 0 Å². The van der Waals surface area contributed by atoms with Gasteiger partial charge in [0.25, 0.3) is 5.91 Å². The van der Waals surface area contributed by atoms with Gasteiger partial charge >= 0.3 is 0 Å². The normalized spacial score (nSPS) is 10.2. The highest BCUT2D eigenvalue weighted by Gasteiger charge is 2.16. The molecule has 2 rings (SSSR count). The van der Waals surface area contributed by atoms with Gasteiger partial charge in [0.1, 0.15) is 17.2 Å². The van der Waals surface area contributed by atoms with Crippen molar-refractivity contribution in [2.75, 3.05) is 20.8 Å². The first-order valence-corrected chi connectivity index (χ1v) is 7.39. The molecule has 2 aromatic carbocycles. The summed E-state index contributed by atoms with van der Waals surface area (Å²) in [7, 11) is 3.21. The van der Waals surface area contributed by atoms with Gasteiger partial charge in [0.15, 0.2) is 0 Å². The van der Waals surface area contributed by atoms with Crippen molar-refractivity contribution in [3.63, 3.8) is 0 Å². The van der Waals surface area contributed by atoms with E-state index in [1.165, 1.54) is 13.2 Å². The monoisotopic (exact) mass is 315 g/mol. The Labute approximate surface area is 136 Å². The molecule has 0 aliphatic heterocycles. The molecule has 23 heavy (non-hydrogen) atoms. The lowest BCUT2D eigenvalue weighted by atomic mass is 10.1. The van der Waals surface area contributed by atoms with Crippen LogP contribution < -0.4 is 9.47 Å². The molecule has 0 saturated carbocycles. The molecule has 0 saturated heterocycles. The van der Waals surface area contributed by atoms with Crippen molar-refractivity contribution < 1.29 is 19.4 Å². The SMILES string of the molecule is CCOc1ccc(CN(C)C(=O)c2ccc(OC)cc2O)cc1. The van der Waals surface area contributed by atoms with E-state index in [-0.39, 0.29) is 17.2 Å². The summed E-state index contributed by atoms with van der Waals surface area (Å²) in [6.45, 7) is 2.99. The lowest BCUT2D eigenvalue weighted by Gasteiger charge is -2.18. The third-order valence-corrected chi connectivity index (χ3v) is 3.44. The molecule has 122 valence electrons. The van der Waals surface area contributed by atoms with Crippen LogP contribution in [-0.4, -0.2) is 36.7 Å². The second kappa shape index (κ2) is 7.54. The summed E-state index contributed by atoms with van der Waals surface area (Å²) in [5.41, 5.74) is 1.23. The largest absolute Gasteiger partial charge is 0.507 e. The number of methoxy groups -OCH3 is 1. The molecule has 0 aliphatic rings. The Morgan fingerprint density at radius 1 is 1.13 bits per heavy atom. The molecule has 0 aliphatic carbocycles. The Hall–Kier alpha value is -2.69. The summed E-state index contributed by atoms with van der Waals surface area (Å²) < 4.78 is 10.4. The number of ether oxygens (including phenoxy) is 2. The van der Waals surface area contributed by atoms with Crippen LogP contribution in [0.3, 0.4) is 0 Å². The number of phenolic OH excluding ortho intramolecular Hbond substituents is 1. The fourth-order valence-corrected chi connectivity index (χ4v) is 2.23. The van der Waals surface area contributed by atoms with Gasteiger partial charge < -0.3 is 19.5 Å². The molecule has 5 heteroatoms. The van der Waals surface area contributed by atoms with Crippen LogP contribution in [0.15, 0.2) is 42.5 Å². The highest BCUT2D eigenvalue weighted by atomic mass is 16.5. The maximum absolute atomic E-state index is 12.4. The Morgan fingerprint density at radius 2 is 1.78 bits per heavy atom. The minimum atomic E-state index is -0.251. The predicted octanol–water partition coefficient (Wildman–Crippen LogP) is 3.07. The Morgan fingerprint density at radius 3 is 2.35 bits per heavy atom. The average molecular weight is 315 g/mol. The Bertz CT molecular complexity index is 667. The van der Waals surface area contributed by atoms with Crippen molar-refractivity contribution in [1.82, 2.24) is 4.90 Å². The minimum absolute atomic E-state index is 0.0899. The molecule has 5 nitrogen and oxygen atoms in total. The third-order valence-electron chi connectivity index (χ3n) is 3.44. The third kappa shape index (κ3) is 4.16. The van der Waals surface area contributed by atoms with Crippen molar-refractivity contribution >= 4 is 5.91 Å². The van der Waals surface area contributed by atoms with E-state index in [0.717, 1.165) is 11.3 Å². The van der Waals surface area contributed by atoms with Gasteiger partial charge in [-0.3, -0.25) is 4.79 Å². The molecule has 0 fully saturated rings. The van der Waals surface area contributed by atoms with Gasteiger partial charge in [-0.1, -0.05) is 12.1 Å². The Balaban J connectivity index is 2.07. The van der Waals surface area contributed by atoms with Gasteiger partial charge in [-0.2, -0.15) is 0 Å². The Kier molecular flexibility index (Phi) is 5.46. The maximum Gasteiger partial charge on any atom is 0.257 e. The molecule has 0 unspecified atom stereocenters. The number of nitrogens with zero attached hydrogens (tertiary/aromatic N) is 1. The first-order valence-electron chi connectivity index (χ1n) is 7.39. The minimum Gasteiger partial charge on any atom is -0.507 e. The van der Waals surface area contributed by atoms with Crippen molar-refractivity contribution in [1.29, 1.82) is 0 Å². The first-order chi connectivity index (χ1) is 11.0. The van der Waals surface area contributed by atoms with Gasteiger partial charge in [-0.05, 0) is 36.8 Å². The number of carbonyl (C=O) groups is 1. The van der Waals surface area contributed by atoms with Crippen molar-refractivity contribution in [3.05, 3.63) is 53.6 Å². The molecule has 1 amide bonds. The number of benzene rings is 2. The smallest absolute Gasteiger partial charge is 0.257 e. The second-order valence-electron chi connectivity index (χ2n) is 5.12. The van der Waals surface area contributed by atoms with E-state index in [4.69, 9.17) is 9.47 Å². The number of amides is 1. The molecule has 1 N–H and O–H groups in total. The van der Waals surface area contributed by atoms with E-state index in [1.807, 2.05) is 31.2 Å². The molecule has 0 atom stereocenters. The summed E-state index contributed by atoms with van der Waals surface area (Å²) in [6.07, 6.45) is 0. The van der Waals surface area contributed by atoms with E-state index in [9.17, 15) is 9.90 Å². The van der Waals surface area contributed by atoms with Gasteiger partial charge in [0.05, 0.1) is 19.3 Å². The zero-order valence-electron chi connectivity index (χ0n) is 13.6. The van der Waals surface area contributed by atoms with E-state index in [2.05, 4.69) is 0 Å². The molecule has 2 aromatic rings. The molecular formula is C18H21NO4. The quantitative estimate of drug-likeness (QED) is 0.890. The van der Waals surface area contributed by atoms with Crippen molar-refractivity contribution in [2.45, 2.75) is 13.5 Å². The first kappa shape index (κ1) is 16.7. The standard InChI is InChI=1S/C18H21NO4/c1-4-23-14-7-5-13(6-8-14)12-19(2)18(21)16-10-9-15(22-3)11-17(16)20/h5-11,20H,4,12H2,1-3H3. The van der Waals surface area contributed by atoms with E-state index in [1.54, 1.807) is 24.1 Å². The van der Waals surface area contributed by atoms with E-state index < -0.39 is 0 Å². The fraction of sp³-hybridized carbons (Fsp3) is 0.278. The fourth-order valence-electron chi connectivity index (χ4n) is 2.23. The van der Waals surface area contributed by atoms with Crippen LogP contribution in [-0.2, 0) is 6.54 Å². The highest BCUT2D eigenvalue weighted by molar-refractivity contribution is 5.96. The van der Waals surface area contributed by atoms with E-state index in [0.29, 0.717) is 18.9 Å². The van der Waals surface area contributed by atoms with Gasteiger partial charge in [-0.15, -0.1) is 0 Å². The zero-order chi connectivity index (χ0) is 16.8. The van der Waals surface area contributed by atoms with E-state index >= 15 is 0 Å². The van der Waals surface area contributed by atoms with Crippen molar-refractivity contribution in [3.8, 4) is 17.2 Å². The predicted molar refractivity (Wildman–Crippen MR) is 88.1 cm³/mol. The number of carbonyl (C=O) groups excluding carboxylic acids is 1. The van der Waals surface area contributed by atoms with Crippen molar-refractivity contribution in [2.24, 2.45) is 0 Å². The summed E-state index contributed by atoms with van der Waals surface area (Å²) in [5, 5.41) is 9.96. The lowest BCUT2D eigenvalue weighted by molar-refractivity contribution is 0.0782. The number of hydrogen-bond donors (Lipinski definition) is 1. The molecular weight excluding hydrogens is 294 g/mol. The van der Waals surface area contributed by atoms with Crippen LogP contribution in [0.1, 0.15) is 22.8 Å². The maximum atomic E-state index is 12.4. The number of rotatable bonds is 6. The van der Waals surface area contributed by atoms with Gasteiger partial charge in [0, 0.05) is 19.7 Å². The number of hydrogen-bond acceptors (Lipinski definition) is 4. The topological polar surface area (TPSA) is 59.0 Å². The summed E-state index contributed by atoms with van der Waals surface area (Å²) in [4.78, 5) is 14.0. The summed E-state index contributed by atoms with van der Waals surface area (Å²) in [6, 6.07) is 12.2. The molecule has 0 radical (unpaired) electrons. The molecule has 0 bridgehead atoms. The zero-order valence-corrected chi connectivity index (χ0v) is 13.6. The highest BCUT2D eigenvalue weighted by Crippen LogP contribution is 2.25. The van der Waals surface area contributed by atoms with Crippen LogP contribution >= 0.6 is 0 Å². The van der Waals surface area contributed by atoms with Gasteiger partial charge in [0.2, 0.25) is 0 Å². The van der Waals surface area contributed by atoms with Crippen LogP contribution in [0.25, 0.3) is 0 Å². The van der Waals surface area contributed by atoms with Crippen LogP contribution in [0.2, 0.25) is 0 Å². The summed E-state index contributed by atoms with van der Waals surface area (Å²) >= 11 is 0. The second-order valence-corrected chi connectivity index (χ2v) is 5.12. The van der Waals surface area contributed by atoms with Crippen LogP contribution in [0.5, 0.6) is 17.2 Å². The average Bonchev–Trinajstić information content (AvgIpc) is 2.56. The van der Waals surface area contributed by atoms with Crippen LogP contribution in [0, 0.1) is 0 Å².